The van der Waals surface area contributed by atoms with Gasteiger partial charge in [-0.15, -0.1) is 11.3 Å². The number of halogens is 1. The molecule has 0 atom stereocenters. The van der Waals surface area contributed by atoms with Gasteiger partial charge in [-0.05, 0) is 32.9 Å². The first kappa shape index (κ1) is 14.5. The molecule has 1 heterocycles. The third-order valence-electron chi connectivity index (χ3n) is 2.77. The monoisotopic (exact) mass is 294 g/mol. The number of carbonyl (C=O) groups is 1. The smallest absolute Gasteiger partial charge is 0.358 e. The second kappa shape index (κ2) is 6.00. The van der Waals surface area contributed by atoms with Crippen molar-refractivity contribution in [2.24, 2.45) is 0 Å². The first-order valence-corrected chi connectivity index (χ1v) is 7.01. The van der Waals surface area contributed by atoms with Crippen LogP contribution in [0.4, 0.5) is 15.2 Å². The van der Waals surface area contributed by atoms with Crippen molar-refractivity contribution in [3.8, 4) is 0 Å². The van der Waals surface area contributed by atoms with E-state index in [1.165, 1.54) is 17.4 Å². The van der Waals surface area contributed by atoms with Crippen molar-refractivity contribution in [3.63, 3.8) is 0 Å². The molecule has 0 saturated carbocycles. The Labute approximate surface area is 120 Å². The van der Waals surface area contributed by atoms with Gasteiger partial charge in [-0.25, -0.2) is 14.2 Å². The Kier molecular flexibility index (Phi) is 4.34. The van der Waals surface area contributed by atoms with Crippen molar-refractivity contribution in [1.29, 1.82) is 0 Å². The summed E-state index contributed by atoms with van der Waals surface area (Å²) in [5.41, 5.74) is 1.45. The number of aromatic nitrogens is 1. The highest BCUT2D eigenvalue weighted by Crippen LogP contribution is 2.28. The number of esters is 1. The van der Waals surface area contributed by atoms with E-state index in [0.29, 0.717) is 28.7 Å². The maximum atomic E-state index is 13.5. The van der Waals surface area contributed by atoms with Crippen molar-refractivity contribution >= 4 is 28.1 Å². The lowest BCUT2D eigenvalue weighted by Gasteiger charge is -2.06. The van der Waals surface area contributed by atoms with Gasteiger partial charge >= 0.3 is 5.97 Å². The van der Waals surface area contributed by atoms with E-state index in [2.05, 4.69) is 10.3 Å². The van der Waals surface area contributed by atoms with Gasteiger partial charge in [-0.2, -0.15) is 0 Å². The SMILES string of the molecule is CCOC(=O)c1nc(Nc2cccc(F)c2C)sc1C. The molecule has 106 valence electrons. The number of carbonyl (C=O) groups excluding carboxylic acids is 1. The lowest BCUT2D eigenvalue weighted by Crippen LogP contribution is -2.06. The van der Waals surface area contributed by atoms with Crippen LogP contribution in [0.3, 0.4) is 0 Å². The molecule has 2 rings (SSSR count). The number of hydrogen-bond donors (Lipinski definition) is 1. The van der Waals surface area contributed by atoms with Crippen molar-refractivity contribution in [2.45, 2.75) is 20.8 Å². The summed E-state index contributed by atoms with van der Waals surface area (Å²) in [5, 5.41) is 3.57. The molecule has 0 unspecified atom stereocenters. The van der Waals surface area contributed by atoms with Gasteiger partial charge in [0.25, 0.3) is 0 Å². The van der Waals surface area contributed by atoms with Gasteiger partial charge in [0.1, 0.15) is 5.82 Å². The first-order chi connectivity index (χ1) is 9.52. The van der Waals surface area contributed by atoms with Crippen LogP contribution in [0.25, 0.3) is 0 Å². The molecule has 2 aromatic rings. The summed E-state index contributed by atoms with van der Waals surface area (Å²) in [6, 6.07) is 4.79. The Balaban J connectivity index is 2.25. The summed E-state index contributed by atoms with van der Waals surface area (Å²) in [7, 11) is 0. The predicted octanol–water partition coefficient (Wildman–Crippen LogP) is 3.82. The predicted molar refractivity (Wildman–Crippen MR) is 77.2 cm³/mol. The Bertz CT molecular complexity index is 640. The van der Waals surface area contributed by atoms with E-state index in [1.54, 1.807) is 32.9 Å². The minimum Gasteiger partial charge on any atom is -0.461 e. The zero-order valence-corrected chi connectivity index (χ0v) is 12.3. The molecule has 20 heavy (non-hydrogen) atoms. The van der Waals surface area contributed by atoms with Crippen LogP contribution in [0.5, 0.6) is 0 Å². The van der Waals surface area contributed by atoms with Gasteiger partial charge < -0.3 is 10.1 Å². The van der Waals surface area contributed by atoms with Gasteiger partial charge in [0.15, 0.2) is 10.8 Å². The molecule has 0 amide bonds. The standard InChI is InChI=1S/C14H15FN2O2S/c1-4-19-13(18)12-9(3)20-14(17-12)16-11-7-5-6-10(15)8(11)2/h5-7H,4H2,1-3H3,(H,16,17). The number of aryl methyl sites for hydroxylation is 1. The lowest BCUT2D eigenvalue weighted by atomic mass is 10.2. The number of nitrogens with one attached hydrogen (secondary N) is 1. The van der Waals surface area contributed by atoms with Gasteiger partial charge in [0.05, 0.1) is 6.61 Å². The Hall–Kier alpha value is -1.95. The summed E-state index contributed by atoms with van der Waals surface area (Å²) in [6.45, 7) is 5.54. The minimum atomic E-state index is -0.440. The van der Waals surface area contributed by atoms with E-state index < -0.39 is 5.97 Å². The van der Waals surface area contributed by atoms with Gasteiger partial charge in [0.2, 0.25) is 0 Å². The Morgan fingerprint density at radius 3 is 2.90 bits per heavy atom. The van der Waals surface area contributed by atoms with Crippen LogP contribution in [0, 0.1) is 19.7 Å². The summed E-state index contributed by atoms with van der Waals surface area (Å²) in [4.78, 5) is 16.7. The summed E-state index contributed by atoms with van der Waals surface area (Å²) < 4.78 is 18.4. The molecule has 0 aliphatic carbocycles. The summed E-state index contributed by atoms with van der Waals surface area (Å²) >= 11 is 1.33. The first-order valence-electron chi connectivity index (χ1n) is 6.19. The molecule has 0 radical (unpaired) electrons. The van der Waals surface area contributed by atoms with E-state index in [-0.39, 0.29) is 5.82 Å². The number of ether oxygens (including phenoxy) is 1. The zero-order chi connectivity index (χ0) is 14.7. The third-order valence-corrected chi connectivity index (χ3v) is 3.66. The molecular formula is C14H15FN2O2S. The fraction of sp³-hybridized carbons (Fsp3) is 0.286. The van der Waals surface area contributed by atoms with Crippen molar-refractivity contribution in [2.75, 3.05) is 11.9 Å². The fourth-order valence-electron chi connectivity index (χ4n) is 1.70. The van der Waals surface area contributed by atoms with E-state index in [9.17, 15) is 9.18 Å². The lowest BCUT2D eigenvalue weighted by molar-refractivity contribution is 0.0519. The number of rotatable bonds is 4. The molecule has 0 saturated heterocycles. The quantitative estimate of drug-likeness (QED) is 0.871. The van der Waals surface area contributed by atoms with Crippen LogP contribution in [0.2, 0.25) is 0 Å². The minimum absolute atomic E-state index is 0.283. The zero-order valence-electron chi connectivity index (χ0n) is 11.5. The third kappa shape index (κ3) is 2.96. The number of benzene rings is 1. The van der Waals surface area contributed by atoms with Crippen LogP contribution in [-0.2, 0) is 4.74 Å². The normalized spacial score (nSPS) is 10.4. The molecule has 1 N–H and O–H groups in total. The Morgan fingerprint density at radius 2 is 2.20 bits per heavy atom. The molecule has 6 heteroatoms. The second-order valence-electron chi connectivity index (χ2n) is 4.18. The highest BCUT2D eigenvalue weighted by molar-refractivity contribution is 7.15. The van der Waals surface area contributed by atoms with Gasteiger partial charge in [-0.3, -0.25) is 0 Å². The van der Waals surface area contributed by atoms with Crippen LogP contribution >= 0.6 is 11.3 Å². The maximum Gasteiger partial charge on any atom is 0.358 e. The summed E-state index contributed by atoms with van der Waals surface area (Å²) in [5.74, 6) is -0.723. The van der Waals surface area contributed by atoms with E-state index >= 15 is 0 Å². The van der Waals surface area contributed by atoms with E-state index in [4.69, 9.17) is 4.74 Å². The van der Waals surface area contributed by atoms with E-state index in [1.807, 2.05) is 0 Å². The van der Waals surface area contributed by atoms with Crippen molar-refractivity contribution in [3.05, 3.63) is 40.2 Å². The van der Waals surface area contributed by atoms with Crippen molar-refractivity contribution in [1.82, 2.24) is 4.98 Å². The van der Waals surface area contributed by atoms with Gasteiger partial charge in [-0.1, -0.05) is 6.07 Å². The molecule has 1 aromatic carbocycles. The Morgan fingerprint density at radius 1 is 1.45 bits per heavy atom. The van der Waals surface area contributed by atoms with E-state index in [0.717, 1.165) is 4.88 Å². The molecule has 0 fully saturated rings. The number of thiazole rings is 1. The largest absolute Gasteiger partial charge is 0.461 e. The average Bonchev–Trinajstić information content (AvgIpc) is 2.76. The fourth-order valence-corrected chi connectivity index (χ4v) is 2.51. The second-order valence-corrected chi connectivity index (χ2v) is 5.38. The van der Waals surface area contributed by atoms with Gasteiger partial charge in [0, 0.05) is 16.1 Å². The maximum absolute atomic E-state index is 13.5. The molecule has 4 nitrogen and oxygen atoms in total. The number of anilines is 2. The topological polar surface area (TPSA) is 51.2 Å². The average molecular weight is 294 g/mol. The number of hydrogen-bond acceptors (Lipinski definition) is 5. The highest BCUT2D eigenvalue weighted by atomic mass is 32.1. The molecule has 0 bridgehead atoms. The van der Waals surface area contributed by atoms with Crippen LogP contribution in [-0.4, -0.2) is 17.6 Å². The van der Waals surface area contributed by atoms with Crippen LogP contribution in [0.15, 0.2) is 18.2 Å². The summed E-state index contributed by atoms with van der Waals surface area (Å²) in [6.07, 6.45) is 0. The molecular weight excluding hydrogens is 279 g/mol. The highest BCUT2D eigenvalue weighted by Gasteiger charge is 2.17. The van der Waals surface area contributed by atoms with Crippen LogP contribution < -0.4 is 5.32 Å². The molecule has 0 spiro atoms. The van der Waals surface area contributed by atoms with Crippen molar-refractivity contribution < 1.29 is 13.9 Å². The molecule has 1 aromatic heterocycles. The number of nitrogens with zero attached hydrogens (tertiary/aromatic N) is 1. The molecule has 0 aliphatic heterocycles. The molecule has 0 aliphatic rings. The van der Waals surface area contributed by atoms with Crippen LogP contribution in [0.1, 0.15) is 27.9 Å².